The van der Waals surface area contributed by atoms with Gasteiger partial charge in [0.15, 0.2) is 0 Å². The summed E-state index contributed by atoms with van der Waals surface area (Å²) in [4.78, 5) is 16.9. The van der Waals surface area contributed by atoms with Gasteiger partial charge in [0.2, 0.25) is 0 Å². The Hall–Kier alpha value is -1.58. The van der Waals surface area contributed by atoms with Crippen molar-refractivity contribution in [1.82, 2.24) is 14.1 Å². The Labute approximate surface area is 93.5 Å². The van der Waals surface area contributed by atoms with Gasteiger partial charge in [0.05, 0.1) is 5.39 Å². The monoisotopic (exact) mass is 217 g/mol. The molecule has 0 unspecified atom stereocenters. The van der Waals surface area contributed by atoms with Crippen molar-refractivity contribution in [2.75, 3.05) is 0 Å². The van der Waals surface area contributed by atoms with Gasteiger partial charge >= 0.3 is 0 Å². The second kappa shape index (κ2) is 2.97. The highest BCUT2D eigenvalue weighted by atomic mass is 16.1. The molecule has 0 saturated carbocycles. The van der Waals surface area contributed by atoms with Crippen LogP contribution >= 0.6 is 0 Å². The van der Waals surface area contributed by atoms with E-state index in [2.05, 4.69) is 4.98 Å². The first-order chi connectivity index (χ1) is 7.61. The summed E-state index contributed by atoms with van der Waals surface area (Å²) in [5.41, 5.74) is 3.17. The van der Waals surface area contributed by atoms with Gasteiger partial charge in [0.1, 0.15) is 11.5 Å². The number of aromatic nitrogens is 3. The van der Waals surface area contributed by atoms with E-state index in [9.17, 15) is 4.79 Å². The number of aryl methyl sites for hydroxylation is 3. The third kappa shape index (κ3) is 0.991. The third-order valence-electron chi connectivity index (χ3n) is 3.75. The molecular weight excluding hydrogens is 202 g/mol. The highest BCUT2D eigenvalue weighted by Gasteiger charge is 2.20. The van der Waals surface area contributed by atoms with Crippen molar-refractivity contribution in [3.05, 3.63) is 27.4 Å². The molecule has 16 heavy (non-hydrogen) atoms. The Morgan fingerprint density at radius 1 is 1.31 bits per heavy atom. The zero-order chi connectivity index (χ0) is 11.4. The van der Waals surface area contributed by atoms with Crippen LogP contribution in [0, 0.1) is 13.8 Å². The van der Waals surface area contributed by atoms with Gasteiger partial charge < -0.3 is 4.57 Å². The molecule has 2 aromatic rings. The van der Waals surface area contributed by atoms with Crippen LogP contribution in [-0.2, 0) is 20.0 Å². The van der Waals surface area contributed by atoms with Crippen LogP contribution in [0.4, 0.5) is 0 Å². The van der Waals surface area contributed by atoms with Crippen molar-refractivity contribution in [3.63, 3.8) is 0 Å². The molecule has 0 N–H and O–H groups in total. The minimum atomic E-state index is 0.138. The quantitative estimate of drug-likeness (QED) is 0.667. The summed E-state index contributed by atoms with van der Waals surface area (Å²) < 4.78 is 3.85. The molecule has 0 saturated heterocycles. The normalized spacial score (nSPS) is 14.7. The van der Waals surface area contributed by atoms with Gasteiger partial charge in [-0.3, -0.25) is 9.36 Å². The topological polar surface area (TPSA) is 39.8 Å². The molecule has 4 heteroatoms. The van der Waals surface area contributed by atoms with E-state index in [0.717, 1.165) is 47.5 Å². The number of fused-ring (bicyclic) bond motifs is 2. The Morgan fingerprint density at radius 3 is 2.81 bits per heavy atom. The van der Waals surface area contributed by atoms with E-state index < -0.39 is 0 Å². The molecule has 0 spiro atoms. The summed E-state index contributed by atoms with van der Waals surface area (Å²) >= 11 is 0. The molecule has 0 fully saturated rings. The third-order valence-corrected chi connectivity index (χ3v) is 3.75. The van der Waals surface area contributed by atoms with E-state index in [-0.39, 0.29) is 5.56 Å². The molecule has 1 aliphatic heterocycles. The van der Waals surface area contributed by atoms with Crippen LogP contribution in [0.5, 0.6) is 0 Å². The van der Waals surface area contributed by atoms with Gasteiger partial charge in [-0.25, -0.2) is 4.98 Å². The summed E-state index contributed by atoms with van der Waals surface area (Å²) in [6.07, 6.45) is 1.96. The molecule has 4 nitrogen and oxygen atoms in total. The van der Waals surface area contributed by atoms with Crippen molar-refractivity contribution in [3.8, 4) is 0 Å². The second-order valence-electron chi connectivity index (χ2n) is 4.56. The van der Waals surface area contributed by atoms with E-state index in [1.54, 1.807) is 0 Å². The Kier molecular flexibility index (Phi) is 1.79. The van der Waals surface area contributed by atoms with E-state index in [0.29, 0.717) is 0 Å². The molecule has 0 amide bonds. The first-order valence-corrected chi connectivity index (χ1v) is 5.66. The maximum absolute atomic E-state index is 12.3. The molecule has 0 aliphatic carbocycles. The Morgan fingerprint density at radius 2 is 2.06 bits per heavy atom. The predicted molar refractivity (Wildman–Crippen MR) is 62.8 cm³/mol. The Balaban J connectivity index is 2.56. The first kappa shape index (κ1) is 9.63. The van der Waals surface area contributed by atoms with Crippen LogP contribution < -0.4 is 5.56 Å². The minimum absolute atomic E-state index is 0.138. The largest absolute Gasteiger partial charge is 0.332 e. The highest BCUT2D eigenvalue weighted by molar-refractivity contribution is 5.81. The second-order valence-corrected chi connectivity index (χ2v) is 4.56. The molecule has 0 radical (unpaired) electrons. The fourth-order valence-electron chi connectivity index (χ4n) is 2.57. The molecule has 0 bridgehead atoms. The molecule has 0 atom stereocenters. The maximum atomic E-state index is 12.3. The standard InChI is InChI=1S/C12H15N3O/c1-7-8(2)14(3)11-10(7)12(16)15-6-4-5-9(15)13-11/h4-6H2,1-3H3. The van der Waals surface area contributed by atoms with Crippen LogP contribution in [0.2, 0.25) is 0 Å². The summed E-state index contributed by atoms with van der Waals surface area (Å²) in [6.45, 7) is 4.86. The van der Waals surface area contributed by atoms with E-state index in [4.69, 9.17) is 0 Å². The van der Waals surface area contributed by atoms with Crippen LogP contribution in [0.1, 0.15) is 23.5 Å². The average Bonchev–Trinajstić information content (AvgIpc) is 2.80. The van der Waals surface area contributed by atoms with Crippen molar-refractivity contribution in [2.45, 2.75) is 33.2 Å². The van der Waals surface area contributed by atoms with Gasteiger partial charge in [-0.15, -0.1) is 0 Å². The van der Waals surface area contributed by atoms with Crippen LogP contribution in [-0.4, -0.2) is 14.1 Å². The van der Waals surface area contributed by atoms with E-state index in [1.807, 2.05) is 30.0 Å². The summed E-state index contributed by atoms with van der Waals surface area (Å²) in [5, 5.41) is 0.797. The van der Waals surface area contributed by atoms with E-state index >= 15 is 0 Å². The lowest BCUT2D eigenvalue weighted by atomic mass is 10.2. The number of rotatable bonds is 0. The van der Waals surface area contributed by atoms with Gasteiger partial charge in [0.25, 0.3) is 5.56 Å². The molecular formula is C12H15N3O. The molecule has 1 aliphatic rings. The highest BCUT2D eigenvalue weighted by Crippen LogP contribution is 2.21. The first-order valence-electron chi connectivity index (χ1n) is 5.66. The van der Waals surface area contributed by atoms with Crippen molar-refractivity contribution >= 4 is 11.0 Å². The predicted octanol–water partition coefficient (Wildman–Crippen LogP) is 1.30. The SMILES string of the molecule is Cc1c(C)n(C)c2nc3n(c(=O)c12)CCC3. The van der Waals surface area contributed by atoms with Crippen LogP contribution in [0.25, 0.3) is 11.0 Å². The fraction of sp³-hybridized carbons (Fsp3) is 0.500. The number of nitrogens with zero attached hydrogens (tertiary/aromatic N) is 3. The van der Waals surface area contributed by atoms with Gasteiger partial charge in [-0.2, -0.15) is 0 Å². The lowest BCUT2D eigenvalue weighted by Gasteiger charge is -2.03. The van der Waals surface area contributed by atoms with Gasteiger partial charge in [0, 0.05) is 25.7 Å². The van der Waals surface area contributed by atoms with Gasteiger partial charge in [-0.05, 0) is 25.8 Å². The van der Waals surface area contributed by atoms with Crippen molar-refractivity contribution in [1.29, 1.82) is 0 Å². The summed E-state index contributed by atoms with van der Waals surface area (Å²) in [5.74, 6) is 0.943. The zero-order valence-electron chi connectivity index (χ0n) is 9.87. The minimum Gasteiger partial charge on any atom is -0.332 e. The lowest BCUT2D eigenvalue weighted by Crippen LogP contribution is -2.21. The summed E-state index contributed by atoms with van der Waals surface area (Å²) in [6, 6.07) is 0. The van der Waals surface area contributed by atoms with Crippen LogP contribution in [0.15, 0.2) is 4.79 Å². The molecule has 84 valence electrons. The number of hydrogen-bond donors (Lipinski definition) is 0. The summed E-state index contributed by atoms with van der Waals surface area (Å²) in [7, 11) is 1.98. The Bertz CT molecular complexity index is 649. The number of hydrogen-bond acceptors (Lipinski definition) is 2. The molecule has 3 rings (SSSR count). The lowest BCUT2D eigenvalue weighted by molar-refractivity contribution is 0.717. The molecule has 3 heterocycles. The zero-order valence-corrected chi connectivity index (χ0v) is 9.87. The van der Waals surface area contributed by atoms with E-state index in [1.165, 1.54) is 0 Å². The maximum Gasteiger partial charge on any atom is 0.263 e. The fourth-order valence-corrected chi connectivity index (χ4v) is 2.57. The van der Waals surface area contributed by atoms with Crippen molar-refractivity contribution < 1.29 is 0 Å². The smallest absolute Gasteiger partial charge is 0.263 e. The molecule has 0 aromatic carbocycles. The van der Waals surface area contributed by atoms with Crippen molar-refractivity contribution in [2.24, 2.45) is 7.05 Å². The molecule has 2 aromatic heterocycles. The van der Waals surface area contributed by atoms with Crippen LogP contribution in [0.3, 0.4) is 0 Å². The van der Waals surface area contributed by atoms with Gasteiger partial charge in [-0.1, -0.05) is 0 Å². The average molecular weight is 217 g/mol.